The molecule has 2 aliphatic rings. The molecular weight excluding hydrogens is 240 g/mol. The van der Waals surface area contributed by atoms with Crippen LogP contribution >= 0.6 is 0 Å². The zero-order valence-electron chi connectivity index (χ0n) is 14.6. The van der Waals surface area contributed by atoms with Crippen molar-refractivity contribution in [2.75, 3.05) is 0 Å². The van der Waals surface area contributed by atoms with Crippen molar-refractivity contribution < 1.29 is 0 Å². The largest absolute Gasteiger partial charge is 0.0625 e. The van der Waals surface area contributed by atoms with E-state index in [4.69, 9.17) is 0 Å². The van der Waals surface area contributed by atoms with Gasteiger partial charge in [-0.05, 0) is 48.3 Å². The van der Waals surface area contributed by atoms with Crippen LogP contribution < -0.4 is 0 Å². The summed E-state index contributed by atoms with van der Waals surface area (Å²) in [5.74, 6) is 3.96. The summed E-state index contributed by atoms with van der Waals surface area (Å²) in [4.78, 5) is 0. The van der Waals surface area contributed by atoms with Crippen LogP contribution in [0.2, 0.25) is 0 Å². The second-order valence-electron chi connectivity index (χ2n) is 8.89. The molecule has 0 heterocycles. The molecule has 2 saturated carbocycles. The molecule has 0 heteroatoms. The van der Waals surface area contributed by atoms with E-state index in [1.165, 1.54) is 70.6 Å². The van der Waals surface area contributed by atoms with Crippen LogP contribution in [0.25, 0.3) is 0 Å². The zero-order valence-corrected chi connectivity index (χ0v) is 14.6. The minimum Gasteiger partial charge on any atom is -0.0625 e. The van der Waals surface area contributed by atoms with Crippen molar-refractivity contribution >= 4 is 0 Å². The molecule has 0 amide bonds. The highest BCUT2D eigenvalue weighted by molar-refractivity contribution is 4.86. The minimum absolute atomic E-state index is 0.599. The Kier molecular flexibility index (Phi) is 5.99. The van der Waals surface area contributed by atoms with Gasteiger partial charge in [0.05, 0.1) is 0 Å². The zero-order chi connectivity index (χ0) is 14.6. The van der Waals surface area contributed by atoms with Crippen LogP contribution in [0.15, 0.2) is 0 Å². The van der Waals surface area contributed by atoms with Gasteiger partial charge in [-0.1, -0.05) is 79.1 Å². The van der Waals surface area contributed by atoms with E-state index in [9.17, 15) is 0 Å². The van der Waals surface area contributed by atoms with Crippen LogP contribution in [0.3, 0.4) is 0 Å². The van der Waals surface area contributed by atoms with E-state index in [0.29, 0.717) is 5.41 Å². The van der Waals surface area contributed by atoms with Crippen LogP contribution in [-0.4, -0.2) is 0 Å². The topological polar surface area (TPSA) is 0 Å². The van der Waals surface area contributed by atoms with E-state index in [1.54, 1.807) is 0 Å². The van der Waals surface area contributed by atoms with E-state index < -0.39 is 0 Å². The van der Waals surface area contributed by atoms with Crippen LogP contribution in [0.1, 0.15) is 98.3 Å². The second kappa shape index (κ2) is 7.32. The molecule has 20 heavy (non-hydrogen) atoms. The van der Waals surface area contributed by atoms with Gasteiger partial charge in [0.2, 0.25) is 0 Å². The summed E-state index contributed by atoms with van der Waals surface area (Å²) in [6, 6.07) is 0. The summed E-state index contributed by atoms with van der Waals surface area (Å²) in [5, 5.41) is 0. The summed E-state index contributed by atoms with van der Waals surface area (Å²) in [6.45, 7) is 10.1. The Labute approximate surface area is 128 Å². The molecular formula is C20H38. The van der Waals surface area contributed by atoms with Crippen molar-refractivity contribution in [2.24, 2.45) is 29.1 Å². The molecule has 0 aliphatic heterocycles. The first-order valence-corrected chi connectivity index (χ1v) is 9.49. The molecule has 0 spiro atoms. The highest BCUT2D eigenvalue weighted by Crippen LogP contribution is 2.46. The molecule has 2 aliphatic carbocycles. The number of hydrogen-bond donors (Lipinski definition) is 0. The minimum atomic E-state index is 0.599. The lowest BCUT2D eigenvalue weighted by Gasteiger charge is -2.43. The fourth-order valence-electron chi connectivity index (χ4n) is 5.29. The Morgan fingerprint density at radius 3 is 2.35 bits per heavy atom. The standard InChI is InChI=1S/C20H38/c1-16(15-18-10-6-5-7-11-18)12-13-19-17(2)9-8-14-20(19,3)4/h16-19H,5-15H2,1-4H3. The Hall–Kier alpha value is 0. The second-order valence-corrected chi connectivity index (χ2v) is 8.89. The lowest BCUT2D eigenvalue weighted by atomic mass is 9.62. The first kappa shape index (κ1) is 16.4. The smallest absolute Gasteiger partial charge is 0.0323 e. The Morgan fingerprint density at radius 1 is 1.00 bits per heavy atom. The SMILES string of the molecule is CC(CCC1C(C)CCCC1(C)C)CC1CCCCC1. The average Bonchev–Trinajstić information content (AvgIpc) is 2.38. The molecule has 0 N–H and O–H groups in total. The quantitative estimate of drug-likeness (QED) is 0.516. The summed E-state index contributed by atoms with van der Waals surface area (Å²) in [5.41, 5.74) is 0.599. The maximum absolute atomic E-state index is 2.53. The number of hydrogen-bond acceptors (Lipinski definition) is 0. The van der Waals surface area contributed by atoms with Gasteiger partial charge in [-0.15, -0.1) is 0 Å². The molecule has 118 valence electrons. The van der Waals surface area contributed by atoms with E-state index in [-0.39, 0.29) is 0 Å². The van der Waals surface area contributed by atoms with Gasteiger partial charge in [0.25, 0.3) is 0 Å². The normalized spacial score (nSPS) is 33.0. The fourth-order valence-corrected chi connectivity index (χ4v) is 5.29. The van der Waals surface area contributed by atoms with Gasteiger partial charge in [0.15, 0.2) is 0 Å². The molecule has 0 aromatic heterocycles. The predicted molar refractivity (Wildman–Crippen MR) is 89.9 cm³/mol. The van der Waals surface area contributed by atoms with Crippen molar-refractivity contribution in [3.63, 3.8) is 0 Å². The highest BCUT2D eigenvalue weighted by atomic mass is 14.4. The monoisotopic (exact) mass is 278 g/mol. The Morgan fingerprint density at radius 2 is 1.70 bits per heavy atom. The summed E-state index contributed by atoms with van der Waals surface area (Å²) in [7, 11) is 0. The maximum Gasteiger partial charge on any atom is -0.0323 e. The maximum atomic E-state index is 2.53. The molecule has 3 unspecified atom stereocenters. The van der Waals surface area contributed by atoms with Crippen LogP contribution in [-0.2, 0) is 0 Å². The third kappa shape index (κ3) is 4.50. The molecule has 2 rings (SSSR count). The Bertz CT molecular complexity index is 272. The first-order chi connectivity index (χ1) is 9.49. The molecule has 0 saturated heterocycles. The fraction of sp³-hybridized carbons (Fsp3) is 1.00. The molecule has 2 fully saturated rings. The van der Waals surface area contributed by atoms with Gasteiger partial charge in [-0.2, -0.15) is 0 Å². The third-order valence-corrected chi connectivity index (χ3v) is 6.60. The lowest BCUT2D eigenvalue weighted by Crippen LogP contribution is -2.34. The van der Waals surface area contributed by atoms with E-state index >= 15 is 0 Å². The first-order valence-electron chi connectivity index (χ1n) is 9.49. The van der Waals surface area contributed by atoms with Gasteiger partial charge in [-0.3, -0.25) is 0 Å². The van der Waals surface area contributed by atoms with Crippen molar-refractivity contribution in [3.05, 3.63) is 0 Å². The van der Waals surface area contributed by atoms with E-state index in [1.807, 2.05) is 0 Å². The summed E-state index contributed by atoms with van der Waals surface area (Å²) < 4.78 is 0. The van der Waals surface area contributed by atoms with Crippen LogP contribution in [0, 0.1) is 29.1 Å². The highest BCUT2D eigenvalue weighted by Gasteiger charge is 2.36. The van der Waals surface area contributed by atoms with Crippen molar-refractivity contribution in [1.29, 1.82) is 0 Å². The van der Waals surface area contributed by atoms with Gasteiger partial charge >= 0.3 is 0 Å². The van der Waals surface area contributed by atoms with Gasteiger partial charge < -0.3 is 0 Å². The number of rotatable bonds is 5. The van der Waals surface area contributed by atoms with Gasteiger partial charge in [0.1, 0.15) is 0 Å². The molecule has 0 bridgehead atoms. The van der Waals surface area contributed by atoms with Gasteiger partial charge in [-0.25, -0.2) is 0 Å². The molecule has 3 atom stereocenters. The molecule has 0 nitrogen and oxygen atoms in total. The van der Waals surface area contributed by atoms with Crippen molar-refractivity contribution in [2.45, 2.75) is 98.3 Å². The molecule has 0 radical (unpaired) electrons. The predicted octanol–water partition coefficient (Wildman–Crippen LogP) is 6.84. The van der Waals surface area contributed by atoms with Crippen LogP contribution in [0.4, 0.5) is 0 Å². The lowest BCUT2D eigenvalue weighted by molar-refractivity contribution is 0.0697. The van der Waals surface area contributed by atoms with Crippen molar-refractivity contribution in [3.8, 4) is 0 Å². The van der Waals surface area contributed by atoms with E-state index in [0.717, 1.165) is 23.7 Å². The molecule has 0 aromatic rings. The summed E-state index contributed by atoms with van der Waals surface area (Å²) in [6.07, 6.45) is 16.4. The third-order valence-electron chi connectivity index (χ3n) is 6.60. The van der Waals surface area contributed by atoms with E-state index in [2.05, 4.69) is 27.7 Å². The van der Waals surface area contributed by atoms with Crippen LogP contribution in [0.5, 0.6) is 0 Å². The molecule has 0 aromatic carbocycles. The van der Waals surface area contributed by atoms with Gasteiger partial charge in [0, 0.05) is 0 Å². The summed E-state index contributed by atoms with van der Waals surface area (Å²) >= 11 is 0. The van der Waals surface area contributed by atoms with Crippen molar-refractivity contribution in [1.82, 2.24) is 0 Å². The Balaban J connectivity index is 1.75. The average molecular weight is 279 g/mol.